The Morgan fingerprint density at radius 3 is 2.25 bits per heavy atom. The van der Waals surface area contributed by atoms with Crippen LogP contribution in [-0.4, -0.2) is 44.4 Å². The van der Waals surface area contributed by atoms with Crippen LogP contribution in [0.25, 0.3) is 10.2 Å². The van der Waals surface area contributed by atoms with E-state index < -0.39 is 11.9 Å². The van der Waals surface area contributed by atoms with Crippen LogP contribution in [0.1, 0.15) is 29.8 Å². The first-order chi connectivity index (χ1) is 15.4. The van der Waals surface area contributed by atoms with Crippen molar-refractivity contribution in [3.8, 4) is 17.2 Å². The highest BCUT2D eigenvalue weighted by molar-refractivity contribution is 7.16. The lowest BCUT2D eigenvalue weighted by atomic mass is 10.1. The summed E-state index contributed by atoms with van der Waals surface area (Å²) in [7, 11) is 4.45. The molecule has 1 amide bonds. The molecule has 0 aliphatic rings. The second-order valence-corrected chi connectivity index (χ2v) is 7.77. The van der Waals surface area contributed by atoms with E-state index in [9.17, 15) is 9.59 Å². The summed E-state index contributed by atoms with van der Waals surface area (Å²) >= 11 is 1.34. The Bertz CT molecular complexity index is 1190. The third-order valence-corrected chi connectivity index (χ3v) is 5.90. The van der Waals surface area contributed by atoms with E-state index in [2.05, 4.69) is 11.9 Å². The molecule has 0 fully saturated rings. The molecule has 1 aromatic heterocycles. The van der Waals surface area contributed by atoms with E-state index in [0.29, 0.717) is 22.0 Å². The maximum absolute atomic E-state index is 13.1. The van der Waals surface area contributed by atoms with Crippen molar-refractivity contribution in [3.05, 3.63) is 46.3 Å². The van der Waals surface area contributed by atoms with Gasteiger partial charge in [0.15, 0.2) is 16.3 Å². The molecule has 0 bridgehead atoms. The molecule has 0 radical (unpaired) electrons. The molecule has 9 heteroatoms. The standard InChI is InChI=1S/C23H26N2O6S/c1-6-14-8-9-16-19(10-14)32-23(25(16)13-20(26)31-7-2)24-22(27)15-11-17(28-3)21(30-5)18(12-15)29-4/h8-12H,6-7,13H2,1-5H3. The molecule has 2 aromatic carbocycles. The minimum Gasteiger partial charge on any atom is -0.493 e. The van der Waals surface area contributed by atoms with Gasteiger partial charge in [-0.05, 0) is 43.2 Å². The topological polar surface area (TPSA) is 88.4 Å². The van der Waals surface area contributed by atoms with Crippen LogP contribution in [0.3, 0.4) is 0 Å². The molecule has 0 saturated heterocycles. The summed E-state index contributed by atoms with van der Waals surface area (Å²) in [5, 5.41) is 0. The summed E-state index contributed by atoms with van der Waals surface area (Å²) in [6.07, 6.45) is 0.878. The van der Waals surface area contributed by atoms with E-state index in [1.807, 2.05) is 18.2 Å². The summed E-state index contributed by atoms with van der Waals surface area (Å²) in [5.74, 6) is 0.206. The third-order valence-electron chi connectivity index (χ3n) is 4.86. The van der Waals surface area contributed by atoms with Gasteiger partial charge in [-0.3, -0.25) is 9.59 Å². The first kappa shape index (κ1) is 23.3. The summed E-state index contributed by atoms with van der Waals surface area (Å²) in [6.45, 7) is 4.06. The number of aryl methyl sites for hydroxylation is 1. The Kier molecular flexibility index (Phi) is 7.53. The average molecular weight is 459 g/mol. The number of aromatic nitrogens is 1. The van der Waals surface area contributed by atoms with Crippen LogP contribution in [0.5, 0.6) is 17.2 Å². The first-order valence-corrected chi connectivity index (χ1v) is 10.9. The van der Waals surface area contributed by atoms with E-state index in [0.717, 1.165) is 22.2 Å². The van der Waals surface area contributed by atoms with Gasteiger partial charge in [0, 0.05) is 5.56 Å². The molecule has 3 aromatic rings. The van der Waals surface area contributed by atoms with Crippen LogP contribution in [-0.2, 0) is 22.5 Å². The summed E-state index contributed by atoms with van der Waals surface area (Å²) in [6, 6.07) is 9.08. The number of benzene rings is 2. The molecular weight excluding hydrogens is 432 g/mol. The molecule has 0 aliphatic carbocycles. The van der Waals surface area contributed by atoms with Crippen LogP contribution in [0.2, 0.25) is 0 Å². The Morgan fingerprint density at radius 2 is 1.69 bits per heavy atom. The van der Waals surface area contributed by atoms with Gasteiger partial charge >= 0.3 is 5.97 Å². The first-order valence-electron chi connectivity index (χ1n) is 10.1. The van der Waals surface area contributed by atoms with Crippen LogP contribution < -0.4 is 19.0 Å². The maximum Gasteiger partial charge on any atom is 0.326 e. The van der Waals surface area contributed by atoms with Crippen molar-refractivity contribution in [2.75, 3.05) is 27.9 Å². The zero-order valence-corrected chi connectivity index (χ0v) is 19.6. The van der Waals surface area contributed by atoms with Gasteiger partial charge < -0.3 is 23.5 Å². The van der Waals surface area contributed by atoms with Gasteiger partial charge in [-0.1, -0.05) is 24.3 Å². The van der Waals surface area contributed by atoms with Gasteiger partial charge in [0.05, 0.1) is 38.2 Å². The molecule has 8 nitrogen and oxygen atoms in total. The van der Waals surface area contributed by atoms with Gasteiger partial charge in [0.25, 0.3) is 5.91 Å². The summed E-state index contributed by atoms with van der Waals surface area (Å²) in [4.78, 5) is 30.0. The van der Waals surface area contributed by atoms with Crippen molar-refractivity contribution in [3.63, 3.8) is 0 Å². The third kappa shape index (κ3) is 4.77. The van der Waals surface area contributed by atoms with Gasteiger partial charge in [-0.2, -0.15) is 4.99 Å². The summed E-state index contributed by atoms with van der Waals surface area (Å²) < 4.78 is 23.7. The fourth-order valence-corrected chi connectivity index (χ4v) is 4.36. The lowest BCUT2D eigenvalue weighted by molar-refractivity contribution is -0.143. The molecule has 170 valence electrons. The average Bonchev–Trinajstić information content (AvgIpc) is 3.13. The highest BCUT2D eigenvalue weighted by Crippen LogP contribution is 2.38. The Morgan fingerprint density at radius 1 is 1.00 bits per heavy atom. The Labute approximate surface area is 190 Å². The van der Waals surface area contributed by atoms with Crippen molar-refractivity contribution >= 4 is 33.4 Å². The molecule has 0 unspecified atom stereocenters. The van der Waals surface area contributed by atoms with Crippen LogP contribution in [0.15, 0.2) is 35.3 Å². The number of ether oxygens (including phenoxy) is 4. The van der Waals surface area contributed by atoms with Crippen LogP contribution >= 0.6 is 11.3 Å². The number of esters is 1. The van der Waals surface area contributed by atoms with E-state index in [4.69, 9.17) is 18.9 Å². The molecule has 0 N–H and O–H groups in total. The number of nitrogens with zero attached hydrogens (tertiary/aromatic N) is 2. The van der Waals surface area contributed by atoms with Crippen molar-refractivity contribution < 1.29 is 28.5 Å². The van der Waals surface area contributed by atoms with Crippen molar-refractivity contribution in [2.45, 2.75) is 26.8 Å². The van der Waals surface area contributed by atoms with Crippen molar-refractivity contribution in [1.29, 1.82) is 0 Å². The predicted molar refractivity (Wildman–Crippen MR) is 122 cm³/mol. The molecule has 32 heavy (non-hydrogen) atoms. The van der Waals surface area contributed by atoms with Gasteiger partial charge in [-0.15, -0.1) is 0 Å². The number of thiazole rings is 1. The number of hydrogen-bond acceptors (Lipinski definition) is 7. The van der Waals surface area contributed by atoms with Crippen LogP contribution in [0.4, 0.5) is 0 Å². The molecule has 1 heterocycles. The number of methoxy groups -OCH3 is 3. The molecule has 0 aliphatic heterocycles. The maximum atomic E-state index is 13.1. The highest BCUT2D eigenvalue weighted by Gasteiger charge is 2.18. The second-order valence-electron chi connectivity index (χ2n) is 6.76. The largest absolute Gasteiger partial charge is 0.493 e. The van der Waals surface area contributed by atoms with E-state index >= 15 is 0 Å². The van der Waals surface area contributed by atoms with E-state index in [-0.39, 0.29) is 18.7 Å². The normalized spacial score (nSPS) is 11.5. The highest BCUT2D eigenvalue weighted by atomic mass is 32.1. The number of rotatable bonds is 8. The summed E-state index contributed by atoms with van der Waals surface area (Å²) in [5.41, 5.74) is 2.25. The van der Waals surface area contributed by atoms with Gasteiger partial charge in [0.2, 0.25) is 5.75 Å². The van der Waals surface area contributed by atoms with E-state index in [1.165, 1.54) is 32.7 Å². The zero-order valence-electron chi connectivity index (χ0n) is 18.8. The number of carbonyl (C=O) groups excluding carboxylic acids is 2. The number of fused-ring (bicyclic) bond motifs is 1. The number of carbonyl (C=O) groups is 2. The molecule has 0 saturated carbocycles. The van der Waals surface area contributed by atoms with Gasteiger partial charge in [0.1, 0.15) is 6.54 Å². The Hall–Kier alpha value is -3.33. The quantitative estimate of drug-likeness (QED) is 0.480. The fraction of sp³-hybridized carbons (Fsp3) is 0.348. The minimum atomic E-state index is -0.496. The smallest absolute Gasteiger partial charge is 0.326 e. The van der Waals surface area contributed by atoms with Gasteiger partial charge in [-0.25, -0.2) is 0 Å². The lowest BCUT2D eigenvalue weighted by Crippen LogP contribution is -2.23. The second kappa shape index (κ2) is 10.3. The lowest BCUT2D eigenvalue weighted by Gasteiger charge is -2.12. The molecule has 3 rings (SSSR count). The van der Waals surface area contributed by atoms with E-state index in [1.54, 1.807) is 23.6 Å². The fourth-order valence-electron chi connectivity index (χ4n) is 3.27. The Balaban J connectivity index is 2.14. The van der Waals surface area contributed by atoms with Crippen molar-refractivity contribution in [1.82, 2.24) is 4.57 Å². The molecule has 0 atom stereocenters. The number of amides is 1. The SMILES string of the molecule is CCOC(=O)Cn1c(=NC(=O)c2cc(OC)c(OC)c(OC)c2)sc2cc(CC)ccc21. The van der Waals surface area contributed by atoms with Crippen LogP contribution in [0, 0.1) is 0 Å². The molecular formula is C23H26N2O6S. The predicted octanol–water partition coefficient (Wildman–Crippen LogP) is 3.60. The number of hydrogen-bond donors (Lipinski definition) is 0. The molecule has 0 spiro atoms. The zero-order chi connectivity index (χ0) is 23.3. The van der Waals surface area contributed by atoms with Crippen molar-refractivity contribution in [2.24, 2.45) is 4.99 Å². The monoisotopic (exact) mass is 458 g/mol. The minimum absolute atomic E-state index is 0.0410.